The molecule has 0 amide bonds. The third kappa shape index (κ3) is 3.10. The molecule has 0 spiro atoms. The standard InChI is InChI=1S/C14H23PSe/c1-5-6-12-15(16,14(2,3)4)13-10-8-7-9-11-13/h7-11H,5-6,12H2,1-4H3. The topological polar surface area (TPSA) is 0 Å². The Morgan fingerprint density at radius 3 is 2.12 bits per heavy atom. The van der Waals surface area contributed by atoms with Crippen molar-refractivity contribution in [1.82, 2.24) is 0 Å². The van der Waals surface area contributed by atoms with Gasteiger partial charge in [0, 0.05) is 0 Å². The number of benzene rings is 1. The van der Waals surface area contributed by atoms with Crippen molar-refractivity contribution in [3.8, 4) is 0 Å². The van der Waals surface area contributed by atoms with Crippen molar-refractivity contribution in [3.63, 3.8) is 0 Å². The van der Waals surface area contributed by atoms with Crippen LogP contribution in [0.2, 0.25) is 0 Å². The minimum absolute atomic E-state index is 0.365. The van der Waals surface area contributed by atoms with Crippen LogP contribution in [0.25, 0.3) is 0 Å². The van der Waals surface area contributed by atoms with Gasteiger partial charge in [0.1, 0.15) is 0 Å². The van der Waals surface area contributed by atoms with Crippen LogP contribution >= 0.6 is 5.51 Å². The van der Waals surface area contributed by atoms with E-state index in [9.17, 15) is 0 Å². The molecule has 0 N–H and O–H groups in total. The number of hydrogen-bond acceptors (Lipinski definition) is 0. The van der Waals surface area contributed by atoms with Gasteiger partial charge in [-0.25, -0.2) is 0 Å². The second-order valence-corrected chi connectivity index (χ2v) is 13.0. The van der Waals surface area contributed by atoms with E-state index in [0.717, 1.165) is 0 Å². The average Bonchev–Trinajstić information content (AvgIpc) is 2.25. The van der Waals surface area contributed by atoms with Crippen molar-refractivity contribution < 1.29 is 0 Å². The zero-order valence-electron chi connectivity index (χ0n) is 10.9. The molecule has 0 saturated carbocycles. The zero-order valence-corrected chi connectivity index (χ0v) is 13.5. The van der Waals surface area contributed by atoms with E-state index in [-0.39, 0.29) is 0 Å². The second kappa shape index (κ2) is 5.67. The summed E-state index contributed by atoms with van der Waals surface area (Å²) in [5, 5.41) is 1.90. The Morgan fingerprint density at radius 1 is 1.12 bits per heavy atom. The number of rotatable bonds is 4. The average molecular weight is 301 g/mol. The van der Waals surface area contributed by atoms with Gasteiger partial charge < -0.3 is 0 Å². The van der Waals surface area contributed by atoms with E-state index in [4.69, 9.17) is 0 Å². The molecule has 1 aromatic rings. The van der Waals surface area contributed by atoms with Gasteiger partial charge >= 0.3 is 108 Å². The van der Waals surface area contributed by atoms with Crippen LogP contribution in [-0.4, -0.2) is 26.4 Å². The van der Waals surface area contributed by atoms with Crippen LogP contribution < -0.4 is 5.30 Å². The molecule has 0 bridgehead atoms. The van der Waals surface area contributed by atoms with Crippen molar-refractivity contribution in [1.29, 1.82) is 0 Å². The van der Waals surface area contributed by atoms with Crippen molar-refractivity contribution in [3.05, 3.63) is 30.3 Å². The predicted molar refractivity (Wildman–Crippen MR) is 78.3 cm³/mol. The first-order valence-electron chi connectivity index (χ1n) is 6.06. The monoisotopic (exact) mass is 302 g/mol. The van der Waals surface area contributed by atoms with Crippen LogP contribution in [-0.2, 0) is 0 Å². The second-order valence-electron chi connectivity index (χ2n) is 5.32. The molecule has 0 aliphatic heterocycles. The van der Waals surface area contributed by atoms with Crippen molar-refractivity contribution in [2.24, 2.45) is 0 Å². The van der Waals surface area contributed by atoms with E-state index in [1.54, 1.807) is 0 Å². The maximum atomic E-state index is 3.59. The molecule has 90 valence electrons. The van der Waals surface area contributed by atoms with Gasteiger partial charge in [-0.05, 0) is 0 Å². The molecule has 1 aromatic carbocycles. The van der Waals surface area contributed by atoms with Crippen LogP contribution in [0.3, 0.4) is 0 Å². The fourth-order valence-electron chi connectivity index (χ4n) is 1.90. The summed E-state index contributed by atoms with van der Waals surface area (Å²) in [5.74, 6) is 0. The van der Waals surface area contributed by atoms with Gasteiger partial charge in [0.25, 0.3) is 0 Å². The predicted octanol–water partition coefficient (Wildman–Crippen LogP) is 4.01. The Bertz CT molecular complexity index is 362. The van der Waals surface area contributed by atoms with Crippen molar-refractivity contribution >= 4 is 25.9 Å². The molecule has 0 fully saturated rings. The summed E-state index contributed by atoms with van der Waals surface area (Å²) in [6, 6.07) is 11.0. The van der Waals surface area contributed by atoms with Crippen LogP contribution in [0.5, 0.6) is 0 Å². The molecule has 1 atom stereocenters. The molecule has 1 unspecified atom stereocenters. The quantitative estimate of drug-likeness (QED) is 0.582. The first-order valence-corrected chi connectivity index (χ1v) is 10.3. The molecule has 16 heavy (non-hydrogen) atoms. The van der Waals surface area contributed by atoms with Gasteiger partial charge in [0.15, 0.2) is 0 Å². The summed E-state index contributed by atoms with van der Waals surface area (Å²) in [5.41, 5.74) is -1.15. The van der Waals surface area contributed by atoms with E-state index in [2.05, 4.69) is 73.1 Å². The molecule has 0 radical (unpaired) electrons. The third-order valence-electron chi connectivity index (χ3n) is 3.08. The van der Waals surface area contributed by atoms with Gasteiger partial charge in [-0.2, -0.15) is 0 Å². The molecule has 0 heterocycles. The summed E-state index contributed by atoms with van der Waals surface area (Å²) in [6.45, 7) is 9.40. The molecule has 0 aliphatic carbocycles. The van der Waals surface area contributed by atoms with E-state index in [0.29, 0.717) is 5.16 Å². The molecule has 0 aromatic heterocycles. The summed E-state index contributed by atoms with van der Waals surface area (Å²) in [4.78, 5) is 0. The van der Waals surface area contributed by atoms with Gasteiger partial charge in [-0.3, -0.25) is 0 Å². The number of hydrogen-bond donors (Lipinski definition) is 0. The first kappa shape index (κ1) is 14.2. The summed E-state index contributed by atoms with van der Waals surface area (Å²) < 4.78 is 0. The maximum absolute atomic E-state index is 3.59. The first-order chi connectivity index (χ1) is 7.42. The van der Waals surface area contributed by atoms with Gasteiger partial charge in [0.05, 0.1) is 0 Å². The van der Waals surface area contributed by atoms with E-state index in [1.165, 1.54) is 24.3 Å². The van der Waals surface area contributed by atoms with Crippen LogP contribution in [0.1, 0.15) is 40.5 Å². The minimum atomic E-state index is -1.15. The van der Waals surface area contributed by atoms with Gasteiger partial charge in [-0.1, -0.05) is 0 Å². The molecular formula is C14H23PSe. The normalized spacial score (nSPS) is 15.8. The molecule has 2 heteroatoms. The summed E-state index contributed by atoms with van der Waals surface area (Å²) >= 11 is 3.59. The Balaban J connectivity index is 3.11. The van der Waals surface area contributed by atoms with Crippen LogP contribution in [0.15, 0.2) is 30.3 Å². The van der Waals surface area contributed by atoms with E-state index >= 15 is 0 Å². The van der Waals surface area contributed by atoms with Crippen molar-refractivity contribution in [2.75, 3.05) is 6.16 Å². The Morgan fingerprint density at radius 2 is 1.69 bits per heavy atom. The molecule has 0 nitrogen and oxygen atoms in total. The third-order valence-corrected chi connectivity index (χ3v) is 13.3. The Kier molecular flexibility index (Phi) is 5.05. The van der Waals surface area contributed by atoms with Crippen LogP contribution in [0, 0.1) is 0 Å². The zero-order chi connectivity index (χ0) is 12.2. The summed E-state index contributed by atoms with van der Waals surface area (Å²) in [7, 11) is 0. The molecule has 0 aliphatic rings. The fourth-order valence-corrected chi connectivity index (χ4v) is 6.60. The SMILES string of the molecule is CCCCP(=[Se])(c1ccccc1)C(C)(C)C. The Hall–Kier alpha value is 0.169. The van der Waals surface area contributed by atoms with Crippen LogP contribution in [0.4, 0.5) is 0 Å². The number of unbranched alkanes of at least 4 members (excludes halogenated alkanes) is 1. The summed E-state index contributed by atoms with van der Waals surface area (Å²) in [6.07, 6.45) is 3.94. The van der Waals surface area contributed by atoms with E-state index in [1.807, 2.05) is 0 Å². The molecule has 0 saturated heterocycles. The van der Waals surface area contributed by atoms with Gasteiger partial charge in [-0.15, -0.1) is 0 Å². The molecule has 1 rings (SSSR count). The van der Waals surface area contributed by atoms with Crippen molar-refractivity contribution in [2.45, 2.75) is 45.7 Å². The van der Waals surface area contributed by atoms with E-state index < -0.39 is 5.51 Å². The Labute approximate surface area is 108 Å². The fraction of sp³-hybridized carbons (Fsp3) is 0.571. The van der Waals surface area contributed by atoms with Gasteiger partial charge in [0.2, 0.25) is 0 Å². The molecular weight excluding hydrogens is 278 g/mol.